The summed E-state index contributed by atoms with van der Waals surface area (Å²) < 4.78 is 15.1. The second-order valence-electron chi connectivity index (χ2n) is 14.7. The first-order valence-corrected chi connectivity index (χ1v) is 19.3. The third-order valence-corrected chi connectivity index (χ3v) is 11.3. The summed E-state index contributed by atoms with van der Waals surface area (Å²) >= 11 is 6.46. The lowest BCUT2D eigenvalue weighted by Gasteiger charge is -2.35. The molecule has 1 saturated carbocycles. The van der Waals surface area contributed by atoms with Crippen molar-refractivity contribution in [1.82, 2.24) is 40.0 Å². The van der Waals surface area contributed by atoms with Gasteiger partial charge in [-0.2, -0.15) is 0 Å². The molecular formula is C40H41ClFN11O3. The van der Waals surface area contributed by atoms with Crippen molar-refractivity contribution in [2.24, 2.45) is 0 Å². The number of halogens is 2. The van der Waals surface area contributed by atoms with E-state index in [2.05, 4.69) is 59.9 Å². The van der Waals surface area contributed by atoms with Gasteiger partial charge in [0.1, 0.15) is 6.17 Å². The van der Waals surface area contributed by atoms with Crippen LogP contribution in [-0.4, -0.2) is 106 Å². The van der Waals surface area contributed by atoms with Crippen LogP contribution in [0.1, 0.15) is 40.0 Å². The van der Waals surface area contributed by atoms with Gasteiger partial charge in [0.05, 0.1) is 34.3 Å². The lowest BCUT2D eigenvalue weighted by Crippen LogP contribution is -2.49. The quantitative estimate of drug-likeness (QED) is 0.181. The molecule has 3 fully saturated rings. The van der Waals surface area contributed by atoms with Gasteiger partial charge in [0.15, 0.2) is 17.2 Å². The van der Waals surface area contributed by atoms with E-state index in [1.165, 1.54) is 21.2 Å². The number of urea groups is 1. The number of hydrogen-bond donors (Lipinski definition) is 3. The molecule has 14 nitrogen and oxygen atoms in total. The van der Waals surface area contributed by atoms with E-state index in [0.29, 0.717) is 41.7 Å². The van der Waals surface area contributed by atoms with E-state index < -0.39 is 24.2 Å². The normalized spacial score (nSPS) is 20.0. The molecule has 3 N–H and O–H groups in total. The van der Waals surface area contributed by atoms with Gasteiger partial charge < -0.3 is 15.5 Å². The second kappa shape index (κ2) is 14.8. The molecule has 2 saturated heterocycles. The van der Waals surface area contributed by atoms with Crippen LogP contribution >= 0.6 is 11.6 Å². The Hall–Kier alpha value is -5.64. The monoisotopic (exact) mass is 777 g/mol. The molecule has 56 heavy (non-hydrogen) atoms. The molecular weight excluding hydrogens is 737 g/mol. The number of rotatable bonds is 10. The highest BCUT2D eigenvalue weighted by Gasteiger charge is 2.39. The predicted molar refractivity (Wildman–Crippen MR) is 211 cm³/mol. The number of carbonyl (C=O) groups is 3. The van der Waals surface area contributed by atoms with Gasteiger partial charge in [-0.05, 0) is 47.4 Å². The zero-order valence-corrected chi connectivity index (χ0v) is 31.6. The molecule has 5 aromatic rings. The molecule has 4 aliphatic rings. The van der Waals surface area contributed by atoms with Crippen molar-refractivity contribution in [2.75, 3.05) is 61.4 Å². The van der Waals surface area contributed by atoms with Gasteiger partial charge in [-0.1, -0.05) is 35.9 Å². The fourth-order valence-corrected chi connectivity index (χ4v) is 8.07. The van der Waals surface area contributed by atoms with Crippen LogP contribution in [0.2, 0.25) is 5.02 Å². The number of amides is 4. The Morgan fingerprint density at radius 1 is 0.893 bits per heavy atom. The summed E-state index contributed by atoms with van der Waals surface area (Å²) in [4.78, 5) is 54.9. The average Bonchev–Trinajstić information content (AvgIpc) is 3.52. The van der Waals surface area contributed by atoms with Crippen molar-refractivity contribution in [3.8, 4) is 11.3 Å². The molecule has 9 rings (SSSR count). The fraction of sp³-hybridized carbons (Fsp3) is 0.350. The Morgan fingerprint density at radius 2 is 1.64 bits per heavy atom. The lowest BCUT2D eigenvalue weighted by atomic mass is 10.0. The van der Waals surface area contributed by atoms with Crippen molar-refractivity contribution in [3.63, 3.8) is 0 Å². The standard InChI is InChI=1S/C40H41ClFN11O3/c1-43-32-19-36(48-53-35(21-45-38(32)53)39(55)46-31-18-29(31)42)51-11-9-27-26(3-2-4-33(27)51)30-8-6-25(20-44-30)23-50-15-13-49(14-16-50)22-24-5-7-28(41)34(17-24)52-12-10-37(54)47-40(52)56/h2-8,17,19-21,29,31,43H,9-16,18,22-23H2,1H3,(H,46,55)(H,47,54,56)/t29-,31+/m0/s1. The number of pyridine rings is 1. The minimum atomic E-state index is -1.00. The number of fused-ring (bicyclic) bond motifs is 2. The first kappa shape index (κ1) is 36.0. The molecule has 1 aliphatic carbocycles. The molecule has 16 heteroatoms. The van der Waals surface area contributed by atoms with Crippen LogP contribution in [0.25, 0.3) is 16.9 Å². The first-order chi connectivity index (χ1) is 27.2. The van der Waals surface area contributed by atoms with Crippen molar-refractivity contribution in [2.45, 2.75) is 44.6 Å². The lowest BCUT2D eigenvalue weighted by molar-refractivity contribution is -0.120. The summed E-state index contributed by atoms with van der Waals surface area (Å²) in [6, 6.07) is 17.3. The molecule has 3 aliphatic heterocycles. The van der Waals surface area contributed by atoms with Crippen molar-refractivity contribution in [1.29, 1.82) is 0 Å². The maximum atomic E-state index is 13.5. The molecule has 0 bridgehead atoms. The minimum absolute atomic E-state index is 0.248. The number of carbonyl (C=O) groups excluding carboxylic acids is 3. The Labute approximate surface area is 327 Å². The number of anilines is 4. The summed E-state index contributed by atoms with van der Waals surface area (Å²) in [6.07, 6.45) is 3.83. The molecule has 0 radical (unpaired) electrons. The minimum Gasteiger partial charge on any atom is -0.385 e. The van der Waals surface area contributed by atoms with Crippen LogP contribution in [0.3, 0.4) is 0 Å². The number of hydrogen-bond acceptors (Lipinski definition) is 10. The molecule has 0 spiro atoms. The van der Waals surface area contributed by atoms with E-state index in [4.69, 9.17) is 21.7 Å². The van der Waals surface area contributed by atoms with E-state index in [9.17, 15) is 18.8 Å². The van der Waals surface area contributed by atoms with E-state index in [1.807, 2.05) is 36.5 Å². The van der Waals surface area contributed by atoms with Gasteiger partial charge in [0.25, 0.3) is 5.91 Å². The van der Waals surface area contributed by atoms with Crippen LogP contribution in [0, 0.1) is 0 Å². The van der Waals surface area contributed by atoms with E-state index in [0.717, 1.165) is 79.4 Å². The zero-order chi connectivity index (χ0) is 38.5. The number of imide groups is 1. The van der Waals surface area contributed by atoms with Crippen molar-refractivity contribution < 1.29 is 18.8 Å². The Kier molecular flexibility index (Phi) is 9.51. The third kappa shape index (κ3) is 7.01. The highest BCUT2D eigenvalue weighted by molar-refractivity contribution is 6.34. The summed E-state index contributed by atoms with van der Waals surface area (Å²) in [5.41, 5.74) is 8.56. The smallest absolute Gasteiger partial charge is 0.328 e. The summed E-state index contributed by atoms with van der Waals surface area (Å²) in [5, 5.41) is 13.6. The Balaban J connectivity index is 0.845. The molecule has 6 heterocycles. The van der Waals surface area contributed by atoms with Gasteiger partial charge in [0, 0.05) is 95.8 Å². The number of alkyl halides is 1. The number of benzene rings is 2. The summed E-state index contributed by atoms with van der Waals surface area (Å²) in [5.74, 6) is 0.00426. The van der Waals surface area contributed by atoms with Crippen molar-refractivity contribution in [3.05, 3.63) is 94.4 Å². The predicted octanol–water partition coefficient (Wildman–Crippen LogP) is 4.78. The van der Waals surface area contributed by atoms with Crippen LogP contribution in [0.15, 0.2) is 67.0 Å². The van der Waals surface area contributed by atoms with Crippen LogP contribution in [0.5, 0.6) is 0 Å². The van der Waals surface area contributed by atoms with E-state index in [1.54, 1.807) is 7.05 Å². The molecule has 4 amide bonds. The number of nitrogens with zero attached hydrogens (tertiary/aromatic N) is 8. The number of nitrogens with one attached hydrogen (secondary N) is 3. The van der Waals surface area contributed by atoms with E-state index >= 15 is 0 Å². The summed E-state index contributed by atoms with van der Waals surface area (Å²) in [7, 11) is 1.81. The fourth-order valence-electron chi connectivity index (χ4n) is 7.85. The SMILES string of the molecule is CNc1cc(N2CCc3c(-c4ccc(CN5CCN(Cc6ccc(Cl)c(N7CCC(=O)NC7=O)c6)CC5)cn4)cccc32)nn2c(C(=O)N[C@@H]3C[C@@H]3F)cnc12. The number of aromatic nitrogens is 4. The molecule has 3 aromatic heterocycles. The van der Waals surface area contributed by atoms with Crippen LogP contribution in [-0.2, 0) is 24.3 Å². The molecule has 2 atom stereocenters. The van der Waals surface area contributed by atoms with Gasteiger partial charge in [-0.3, -0.25) is 34.6 Å². The summed E-state index contributed by atoms with van der Waals surface area (Å²) in [6.45, 7) is 6.21. The van der Waals surface area contributed by atoms with Crippen LogP contribution in [0.4, 0.5) is 32.1 Å². The van der Waals surface area contributed by atoms with Gasteiger partial charge in [-0.15, -0.1) is 5.10 Å². The maximum Gasteiger partial charge on any atom is 0.328 e. The van der Waals surface area contributed by atoms with Crippen molar-refractivity contribution >= 4 is 58.0 Å². The highest BCUT2D eigenvalue weighted by atomic mass is 35.5. The Morgan fingerprint density at radius 3 is 2.36 bits per heavy atom. The third-order valence-electron chi connectivity index (χ3n) is 11.0. The first-order valence-electron chi connectivity index (χ1n) is 18.9. The average molecular weight is 778 g/mol. The maximum absolute atomic E-state index is 13.5. The van der Waals surface area contributed by atoms with Crippen LogP contribution < -0.4 is 25.8 Å². The number of piperazine rings is 1. The molecule has 0 unspecified atom stereocenters. The Bertz CT molecular complexity index is 2350. The van der Waals surface area contributed by atoms with Gasteiger partial charge >= 0.3 is 6.03 Å². The highest BCUT2D eigenvalue weighted by Crippen LogP contribution is 2.40. The topological polar surface area (TPSA) is 143 Å². The van der Waals surface area contributed by atoms with Gasteiger partial charge in [-0.25, -0.2) is 18.7 Å². The largest absolute Gasteiger partial charge is 0.385 e. The zero-order valence-electron chi connectivity index (χ0n) is 30.8. The second-order valence-corrected chi connectivity index (χ2v) is 15.1. The van der Waals surface area contributed by atoms with E-state index in [-0.39, 0.29) is 18.0 Å². The molecule has 288 valence electrons. The number of imidazole rings is 1. The van der Waals surface area contributed by atoms with Gasteiger partial charge in [0.2, 0.25) is 5.91 Å². The molecule has 2 aromatic carbocycles.